The molecule has 1 aromatic rings. The molecular formula is C18H27N3O6S. The number of carbonyl (C=O) groups excluding carboxylic acids is 2. The van der Waals surface area contributed by atoms with E-state index in [1.165, 1.54) is 29.4 Å². The molecule has 1 aliphatic heterocycles. The molecule has 28 heavy (non-hydrogen) atoms. The van der Waals surface area contributed by atoms with Gasteiger partial charge in [-0.15, -0.1) is 0 Å². The number of hydrogen-bond donors (Lipinski definition) is 3. The lowest BCUT2D eigenvalue weighted by Gasteiger charge is -2.22. The van der Waals surface area contributed by atoms with Crippen LogP contribution in [-0.2, 0) is 19.6 Å². The van der Waals surface area contributed by atoms with Crippen LogP contribution in [-0.4, -0.2) is 54.6 Å². The highest BCUT2D eigenvalue weighted by atomic mass is 32.2. The molecular weight excluding hydrogens is 386 g/mol. The van der Waals surface area contributed by atoms with E-state index in [2.05, 4.69) is 10.6 Å². The van der Waals surface area contributed by atoms with Crippen molar-refractivity contribution in [2.24, 2.45) is 0 Å². The van der Waals surface area contributed by atoms with Crippen LogP contribution in [0.1, 0.15) is 40.5 Å². The van der Waals surface area contributed by atoms with Gasteiger partial charge in [-0.2, -0.15) is 4.31 Å². The molecule has 1 aliphatic rings. The molecule has 2 rings (SSSR count). The Hall–Kier alpha value is -2.33. The zero-order valence-electron chi connectivity index (χ0n) is 16.5. The third-order valence-electron chi connectivity index (χ3n) is 4.06. The first-order valence-corrected chi connectivity index (χ1v) is 10.5. The average Bonchev–Trinajstić information content (AvgIpc) is 3.10. The van der Waals surface area contributed by atoms with Crippen molar-refractivity contribution < 1.29 is 27.9 Å². The summed E-state index contributed by atoms with van der Waals surface area (Å²) < 4.78 is 31.8. The minimum absolute atomic E-state index is 0.0183. The molecule has 156 valence electrons. The first-order valence-electron chi connectivity index (χ1n) is 9.04. The van der Waals surface area contributed by atoms with Crippen molar-refractivity contribution in [2.75, 3.05) is 18.4 Å². The summed E-state index contributed by atoms with van der Waals surface area (Å²) >= 11 is 0. The van der Waals surface area contributed by atoms with E-state index < -0.39 is 33.7 Å². The molecule has 2 amide bonds. The van der Waals surface area contributed by atoms with Gasteiger partial charge in [0.1, 0.15) is 17.4 Å². The minimum Gasteiger partial charge on any atom is -0.506 e. The second kappa shape index (κ2) is 8.36. The molecule has 10 heteroatoms. The lowest BCUT2D eigenvalue weighted by molar-refractivity contribution is -0.117. The monoisotopic (exact) mass is 413 g/mol. The summed E-state index contributed by atoms with van der Waals surface area (Å²) in [6, 6.07) is 2.75. The number of phenols is 1. The number of phenolic OH excluding ortho intramolecular Hbond substituents is 1. The Balaban J connectivity index is 2.11. The number of ether oxygens (including phenoxy) is 1. The summed E-state index contributed by atoms with van der Waals surface area (Å²) in [4.78, 5) is 24.1. The maximum Gasteiger partial charge on any atom is 0.408 e. The van der Waals surface area contributed by atoms with Gasteiger partial charge in [-0.3, -0.25) is 4.79 Å². The third kappa shape index (κ3) is 5.59. The highest BCUT2D eigenvalue weighted by molar-refractivity contribution is 7.89. The number of benzene rings is 1. The molecule has 1 fully saturated rings. The maximum absolute atomic E-state index is 12.7. The van der Waals surface area contributed by atoms with Crippen LogP contribution < -0.4 is 10.6 Å². The summed E-state index contributed by atoms with van der Waals surface area (Å²) in [6.07, 6.45) is 0.841. The van der Waals surface area contributed by atoms with E-state index in [1.54, 1.807) is 20.8 Å². The number of hydrogen-bond acceptors (Lipinski definition) is 6. The van der Waals surface area contributed by atoms with E-state index in [0.29, 0.717) is 13.1 Å². The molecule has 0 aliphatic carbocycles. The Morgan fingerprint density at radius 1 is 1.21 bits per heavy atom. The number of alkyl carbamates (subject to hydrolysis) is 1. The van der Waals surface area contributed by atoms with Crippen LogP contribution in [0.3, 0.4) is 0 Å². The van der Waals surface area contributed by atoms with Crippen LogP contribution >= 0.6 is 0 Å². The van der Waals surface area contributed by atoms with Gasteiger partial charge >= 0.3 is 6.09 Å². The number of amides is 2. The summed E-state index contributed by atoms with van der Waals surface area (Å²) in [5.74, 6) is -0.907. The van der Waals surface area contributed by atoms with Crippen molar-refractivity contribution in [3.63, 3.8) is 0 Å². The Morgan fingerprint density at radius 3 is 2.39 bits per heavy atom. The number of rotatable bonds is 5. The molecule has 1 atom stereocenters. The van der Waals surface area contributed by atoms with Crippen LogP contribution in [0.2, 0.25) is 0 Å². The molecule has 9 nitrogen and oxygen atoms in total. The van der Waals surface area contributed by atoms with E-state index in [0.717, 1.165) is 12.8 Å². The SMILES string of the molecule is CC(NC(=O)OC(C)(C)C)C(=O)Nc1cc(S(=O)(=O)N2CCCC2)ccc1O. The molecule has 1 heterocycles. The average molecular weight is 413 g/mol. The van der Waals surface area contributed by atoms with Crippen molar-refractivity contribution in [1.82, 2.24) is 9.62 Å². The topological polar surface area (TPSA) is 125 Å². The van der Waals surface area contributed by atoms with Gasteiger partial charge in [0, 0.05) is 13.1 Å². The Morgan fingerprint density at radius 2 is 1.82 bits per heavy atom. The Bertz CT molecular complexity index is 841. The van der Waals surface area contributed by atoms with E-state index in [9.17, 15) is 23.1 Å². The van der Waals surface area contributed by atoms with Gasteiger partial charge in [-0.1, -0.05) is 0 Å². The highest BCUT2D eigenvalue weighted by Gasteiger charge is 2.28. The summed E-state index contributed by atoms with van der Waals surface area (Å²) in [6.45, 7) is 7.43. The van der Waals surface area contributed by atoms with Crippen molar-refractivity contribution in [3.8, 4) is 5.75 Å². The first kappa shape index (κ1) is 22.0. The number of anilines is 1. The van der Waals surface area contributed by atoms with Crippen LogP contribution in [0.25, 0.3) is 0 Å². The molecule has 3 N–H and O–H groups in total. The normalized spacial score (nSPS) is 16.4. The lowest BCUT2D eigenvalue weighted by atomic mass is 10.2. The van der Waals surface area contributed by atoms with Gasteiger partial charge in [0.15, 0.2) is 0 Å². The Labute approximate surface area is 165 Å². The van der Waals surface area contributed by atoms with Crippen LogP contribution in [0.15, 0.2) is 23.1 Å². The summed E-state index contributed by atoms with van der Waals surface area (Å²) in [5.41, 5.74) is -0.764. The predicted molar refractivity (Wildman–Crippen MR) is 104 cm³/mol. The second-order valence-corrected chi connectivity index (χ2v) is 9.59. The quantitative estimate of drug-likeness (QED) is 0.634. The molecule has 0 radical (unpaired) electrons. The highest BCUT2D eigenvalue weighted by Crippen LogP contribution is 2.29. The number of carbonyl (C=O) groups is 2. The van der Waals surface area contributed by atoms with Crippen molar-refractivity contribution in [3.05, 3.63) is 18.2 Å². The number of nitrogens with one attached hydrogen (secondary N) is 2. The molecule has 0 aromatic heterocycles. The molecule has 1 aromatic carbocycles. The van der Waals surface area contributed by atoms with Gasteiger partial charge in [0.25, 0.3) is 0 Å². The van der Waals surface area contributed by atoms with Gasteiger partial charge < -0.3 is 20.5 Å². The fourth-order valence-electron chi connectivity index (χ4n) is 2.64. The zero-order chi connectivity index (χ0) is 21.1. The predicted octanol–water partition coefficient (Wildman–Crippen LogP) is 2.03. The van der Waals surface area contributed by atoms with Gasteiger partial charge in [-0.25, -0.2) is 13.2 Å². The van der Waals surface area contributed by atoms with Gasteiger partial charge in [0.05, 0.1) is 10.6 Å². The summed E-state index contributed by atoms with van der Waals surface area (Å²) in [7, 11) is -3.69. The van der Waals surface area contributed by atoms with E-state index >= 15 is 0 Å². The van der Waals surface area contributed by atoms with Crippen molar-refractivity contribution >= 4 is 27.7 Å². The van der Waals surface area contributed by atoms with Crippen LogP contribution in [0.4, 0.5) is 10.5 Å². The lowest BCUT2D eigenvalue weighted by Crippen LogP contribution is -2.44. The third-order valence-corrected chi connectivity index (χ3v) is 5.95. The first-order chi connectivity index (χ1) is 12.9. The van der Waals surface area contributed by atoms with Crippen LogP contribution in [0.5, 0.6) is 5.75 Å². The maximum atomic E-state index is 12.7. The van der Waals surface area contributed by atoms with Crippen molar-refractivity contribution in [1.29, 1.82) is 0 Å². The smallest absolute Gasteiger partial charge is 0.408 e. The van der Waals surface area contributed by atoms with Crippen LogP contribution in [0, 0.1) is 0 Å². The standard InChI is InChI=1S/C18H27N3O6S/c1-12(19-17(24)27-18(2,3)4)16(23)20-14-11-13(7-8-15(14)22)28(25,26)21-9-5-6-10-21/h7-8,11-12,22H,5-6,9-10H2,1-4H3,(H,19,24)(H,20,23). The zero-order valence-corrected chi connectivity index (χ0v) is 17.3. The number of aromatic hydroxyl groups is 1. The van der Waals surface area contributed by atoms with E-state index in [1.807, 2.05) is 0 Å². The van der Waals surface area contributed by atoms with E-state index in [4.69, 9.17) is 4.74 Å². The fraction of sp³-hybridized carbons (Fsp3) is 0.556. The molecule has 0 saturated carbocycles. The molecule has 1 saturated heterocycles. The number of nitrogens with zero attached hydrogens (tertiary/aromatic N) is 1. The second-order valence-electron chi connectivity index (χ2n) is 7.65. The fourth-order valence-corrected chi connectivity index (χ4v) is 4.19. The van der Waals surface area contributed by atoms with Crippen molar-refractivity contribution in [2.45, 2.75) is 57.1 Å². The largest absolute Gasteiger partial charge is 0.506 e. The molecule has 0 spiro atoms. The molecule has 1 unspecified atom stereocenters. The summed E-state index contributed by atoms with van der Waals surface area (Å²) in [5, 5.41) is 14.8. The number of sulfonamides is 1. The van der Waals surface area contributed by atoms with Gasteiger partial charge in [-0.05, 0) is 58.7 Å². The molecule has 0 bridgehead atoms. The Kier molecular flexibility index (Phi) is 6.56. The van der Waals surface area contributed by atoms with E-state index in [-0.39, 0.29) is 16.3 Å². The minimum atomic E-state index is -3.69. The van der Waals surface area contributed by atoms with Gasteiger partial charge in [0.2, 0.25) is 15.9 Å².